The van der Waals surface area contributed by atoms with Crippen molar-refractivity contribution >= 4 is 213 Å². The van der Waals surface area contributed by atoms with Crippen LogP contribution in [0.3, 0.4) is 0 Å². The maximum absolute atomic E-state index is 13.1. The number of thiocarbonyl (C=S) groups is 3. The molecule has 1 aromatic heterocycles. The Morgan fingerprint density at radius 1 is 0.434 bits per heavy atom. The van der Waals surface area contributed by atoms with Gasteiger partial charge in [0.15, 0.2) is 17.1 Å². The first-order chi connectivity index (χ1) is 69.3. The SMILES string of the molecule is CCCCCCCCCCOc1ccc(N2c3ccc(/C=C4\SC(=S)N(CC(=O)O)C4=O)cc3C3CCCC32)cc1.COc1cc(OC)cc(N2c3ccc(/C=C4\SC(=S)N(CC(=O)O)C4=O)cc3C3CCCC32)c1.N#CC(C#N)=c1s/c(=C\c2ccc3c(c2)C2CCCC2N3c2ccccc2)c(=O)n1CCC(=O)O.O=C(O)CN1C(=O)/C(=C/c2ccc3c(c2)C2CCCC2N3c2ccc3c(c2)OCO3)SC1=S. The molecule has 27 nitrogen and oxygen atoms in total. The van der Waals surface area contributed by atoms with Crippen LogP contribution in [-0.4, -0.2) is 166 Å². The molecular formula is C109H106N10O17S7. The number of aromatic nitrogens is 1. The van der Waals surface area contributed by atoms with Crippen LogP contribution in [-0.2, 0) is 40.1 Å². The molecule has 4 N–H and O–H groups in total. The van der Waals surface area contributed by atoms with Crippen molar-refractivity contribution in [2.45, 2.75) is 196 Å². The molecule has 0 spiro atoms. The molecule has 0 bridgehead atoms. The molecule has 143 heavy (non-hydrogen) atoms. The number of fused-ring (bicyclic) bond motifs is 13. The highest BCUT2D eigenvalue weighted by atomic mass is 32.2. The minimum atomic E-state index is -1.09. The number of aliphatic carboxylic acids is 4. The molecule has 736 valence electrons. The molecule has 8 aliphatic heterocycles. The molecule has 9 aromatic rings. The fraction of sp³-hybridized carbons (Fsp3) is 0.349. The number of amides is 3. The summed E-state index contributed by atoms with van der Waals surface area (Å²) in [5.41, 5.74) is 17.4. The van der Waals surface area contributed by atoms with E-state index in [1.54, 1.807) is 20.3 Å². The molecule has 12 aliphatic rings. The lowest BCUT2D eigenvalue weighted by Crippen LogP contribution is -2.33. The number of methoxy groups -OCH3 is 2. The second-order valence-electron chi connectivity index (χ2n) is 37.0. The van der Waals surface area contributed by atoms with Gasteiger partial charge in [0.2, 0.25) is 6.79 Å². The van der Waals surface area contributed by atoms with E-state index in [4.69, 9.17) is 80.8 Å². The van der Waals surface area contributed by atoms with Crippen molar-refractivity contribution in [3.8, 4) is 40.9 Å². The highest BCUT2D eigenvalue weighted by Crippen LogP contribution is 2.59. The zero-order chi connectivity index (χ0) is 100.0. The number of thioether (sulfide) groups is 3. The van der Waals surface area contributed by atoms with E-state index in [2.05, 4.69) is 136 Å². The van der Waals surface area contributed by atoms with Crippen molar-refractivity contribution in [3.63, 3.8) is 0 Å². The molecule has 8 aromatic carbocycles. The van der Waals surface area contributed by atoms with Crippen molar-refractivity contribution in [3.05, 3.63) is 243 Å². The fourth-order valence-electron chi connectivity index (χ4n) is 22.0. The standard InChI is InChI=1S/C33H40N2O4S2.C27H22N4O3S.C25H24N2O5S2.C24H20N2O5S2/c1-2-3-4-5-6-7-8-9-19-39-25-16-14-24(15-17-25)35-28-12-10-11-26(28)27-20-23(13-18-29(27)35)21-30-32(38)34(22-31(36)37)33(40)41-30;28-15-18(16-29)27-30(12-11-25(32)33)26(34)24(35-27)14-17-9-10-23-21(13-17)20-7-4-8-22(20)31(23)19-5-2-1-3-6-19;1-31-16-10-15(11-17(12-16)32-2)27-20-5-3-4-18(20)19-8-14(6-7-21(19)27)9-22-24(30)26(13-23(28)29)25(33)34-22;27-22(28)11-25-23(29)21(33-24(25)32)9-13-4-6-18-16(8-13)15-2-1-3-17(15)26(18)14-5-7-19-20(10-14)31-12-30-19/h13-18,20-21,26,28H,2-12,19,22H2,1H3,(H,36,37);1-3,5-6,9-10,13-14,20,22H,4,7-8,11-12H2,(H,32,33);6-12,18,20H,3-5,13H2,1-2H3,(H,28,29);4-10,15,17H,1-3,11-12H2,(H,27,28)/b30-21-;24-14-;22-9-;21-9-. The van der Waals surface area contributed by atoms with Gasteiger partial charge in [-0.15, -0.1) is 11.3 Å². The van der Waals surface area contributed by atoms with Gasteiger partial charge in [0.05, 0.1) is 46.5 Å². The number of ether oxygens (including phenoxy) is 5. The lowest BCUT2D eigenvalue weighted by molar-refractivity contribution is -0.140. The van der Waals surface area contributed by atoms with Crippen molar-refractivity contribution < 1.29 is 77.7 Å². The van der Waals surface area contributed by atoms with E-state index < -0.39 is 43.5 Å². The molecule has 4 aliphatic carbocycles. The number of para-hydroxylation sites is 1. The van der Waals surface area contributed by atoms with Crippen molar-refractivity contribution in [1.82, 2.24) is 19.3 Å². The first kappa shape index (κ1) is 100. The molecule has 3 amide bonds. The lowest BCUT2D eigenvalue weighted by atomic mass is 9.96. The van der Waals surface area contributed by atoms with Crippen LogP contribution in [0.4, 0.5) is 45.5 Å². The number of nitrogens with zero attached hydrogens (tertiary/aromatic N) is 10. The van der Waals surface area contributed by atoms with Gasteiger partial charge in [-0.2, -0.15) is 10.5 Å². The summed E-state index contributed by atoms with van der Waals surface area (Å²) in [5.74, 6) is 0.345. The number of anilines is 8. The molecule has 8 atom stereocenters. The minimum Gasteiger partial charge on any atom is -0.497 e. The zero-order valence-corrected chi connectivity index (χ0v) is 84.7. The number of carboxylic acid groups (broad SMARTS) is 4. The van der Waals surface area contributed by atoms with Crippen LogP contribution in [0.1, 0.15) is 210 Å². The Balaban J connectivity index is 0.000000126. The molecule has 3 saturated heterocycles. The molecule has 21 rings (SSSR count). The van der Waals surface area contributed by atoms with Gasteiger partial charge < -0.3 is 63.7 Å². The van der Waals surface area contributed by atoms with Crippen molar-refractivity contribution in [2.75, 3.05) is 66.9 Å². The fourth-order valence-corrected chi connectivity index (χ4v) is 26.9. The summed E-state index contributed by atoms with van der Waals surface area (Å²) in [5, 5.41) is 54.9. The number of carbonyl (C=O) groups is 7. The Hall–Kier alpha value is -13.1. The Morgan fingerprint density at radius 2 is 0.825 bits per heavy atom. The van der Waals surface area contributed by atoms with E-state index in [0.29, 0.717) is 67.1 Å². The summed E-state index contributed by atoms with van der Waals surface area (Å²) in [6.07, 6.45) is 31.0. The number of unbranched alkanes of at least 4 members (excludes halogenated alkanes) is 7. The van der Waals surface area contributed by atoms with Gasteiger partial charge in [-0.3, -0.25) is 57.6 Å². The van der Waals surface area contributed by atoms with Crippen LogP contribution in [0, 0.1) is 22.7 Å². The van der Waals surface area contributed by atoms with Gasteiger partial charge in [0.1, 0.15) is 66.6 Å². The van der Waals surface area contributed by atoms with Crippen molar-refractivity contribution in [2.24, 2.45) is 0 Å². The number of nitriles is 2. The molecule has 0 radical (unpaired) electrons. The van der Waals surface area contributed by atoms with Gasteiger partial charge in [-0.25, -0.2) is 0 Å². The van der Waals surface area contributed by atoms with E-state index in [-0.39, 0.29) is 66.2 Å². The monoisotopic (exact) mass is 2050 g/mol. The quantitative estimate of drug-likeness (QED) is 0.0192. The predicted octanol–water partition coefficient (Wildman–Crippen LogP) is 20.7. The average molecular weight is 2050 g/mol. The third-order valence-electron chi connectivity index (χ3n) is 28.3. The Labute approximate surface area is 860 Å². The topological polar surface area (TPSA) is 339 Å². The van der Waals surface area contributed by atoms with E-state index in [9.17, 15) is 48.9 Å². The minimum absolute atomic E-state index is 0.0966. The van der Waals surface area contributed by atoms with E-state index in [1.165, 1.54) is 131 Å². The molecule has 7 fully saturated rings. The second-order valence-corrected chi connectivity index (χ2v) is 43.1. The highest BCUT2D eigenvalue weighted by Gasteiger charge is 2.48. The Kier molecular flexibility index (Phi) is 31.1. The average Bonchev–Trinajstić information content (AvgIpc) is 1.60. The molecule has 4 saturated carbocycles. The summed E-state index contributed by atoms with van der Waals surface area (Å²) in [6.45, 7) is 1.94. The third kappa shape index (κ3) is 21.4. The van der Waals surface area contributed by atoms with Gasteiger partial charge in [-0.1, -0.05) is 192 Å². The summed E-state index contributed by atoms with van der Waals surface area (Å²) >= 11 is 20.2. The maximum atomic E-state index is 13.1. The number of thiazole rings is 1. The van der Waals surface area contributed by atoms with Crippen LogP contribution in [0.15, 0.2) is 183 Å². The highest BCUT2D eigenvalue weighted by molar-refractivity contribution is 8.27. The zero-order valence-electron chi connectivity index (χ0n) is 79.0. The summed E-state index contributed by atoms with van der Waals surface area (Å²) < 4.78 is 30.8. The molecule has 8 unspecified atom stereocenters. The Bertz CT molecular complexity index is 6930. The molecule has 9 heterocycles. The second kappa shape index (κ2) is 44.4. The molecular weight excluding hydrogens is 1950 g/mol. The third-order valence-corrected chi connectivity index (χ3v) is 33.6. The van der Waals surface area contributed by atoms with E-state index in [1.807, 2.05) is 85.0 Å². The van der Waals surface area contributed by atoms with Crippen LogP contribution in [0.5, 0.6) is 28.7 Å². The van der Waals surface area contributed by atoms with Crippen LogP contribution in [0.25, 0.3) is 29.9 Å². The summed E-state index contributed by atoms with van der Waals surface area (Å²) in [6, 6.07) is 61.4. The van der Waals surface area contributed by atoms with Crippen LogP contribution < -0.4 is 58.0 Å². The summed E-state index contributed by atoms with van der Waals surface area (Å²) in [4.78, 5) is 110. The van der Waals surface area contributed by atoms with Gasteiger partial charge >= 0.3 is 23.9 Å². The largest absolute Gasteiger partial charge is 0.497 e. The van der Waals surface area contributed by atoms with Gasteiger partial charge in [-0.05, 0) is 224 Å². The smallest absolute Gasteiger partial charge is 0.323 e. The van der Waals surface area contributed by atoms with Gasteiger partial charge in [0, 0.05) is 124 Å². The number of rotatable bonds is 29. The Morgan fingerprint density at radius 3 is 1.24 bits per heavy atom. The summed E-state index contributed by atoms with van der Waals surface area (Å²) in [7, 11) is 3.31. The van der Waals surface area contributed by atoms with E-state index in [0.717, 1.165) is 188 Å². The lowest BCUT2D eigenvalue weighted by Gasteiger charge is -2.28. The van der Waals surface area contributed by atoms with Crippen molar-refractivity contribution in [1.29, 1.82) is 10.5 Å². The number of benzene rings is 8. The van der Waals surface area contributed by atoms with Gasteiger partial charge in [0.25, 0.3) is 23.3 Å². The van der Waals surface area contributed by atoms with Crippen LogP contribution in [0.2, 0.25) is 0 Å². The number of carboxylic acids is 4. The number of hydrogen-bond acceptors (Lipinski definition) is 26. The predicted molar refractivity (Wildman–Crippen MR) is 570 cm³/mol. The van der Waals surface area contributed by atoms with E-state index >= 15 is 0 Å². The first-order valence-electron chi connectivity index (χ1n) is 48.4. The first-order valence-corrected chi connectivity index (χ1v) is 52.9. The normalized spacial score (nSPS) is 21.3. The molecule has 34 heteroatoms. The number of carbonyl (C=O) groups excluding carboxylic acids is 3. The maximum Gasteiger partial charge on any atom is 0.323 e. The number of hydrogen-bond donors (Lipinski definition) is 4. The van der Waals surface area contributed by atoms with Crippen LogP contribution >= 0.6 is 83.3 Å².